The average Bonchev–Trinajstić information content (AvgIpc) is 3.30. The minimum atomic E-state index is -5.08. The highest BCUT2D eigenvalue weighted by atomic mass is 19.4. The molecule has 26 heavy (non-hydrogen) atoms. The number of hydrogen-bond donors (Lipinski definition) is 3. The van der Waals surface area contributed by atoms with Crippen molar-refractivity contribution in [2.45, 2.75) is 24.7 Å². The summed E-state index contributed by atoms with van der Waals surface area (Å²) in [4.78, 5) is 27.6. The summed E-state index contributed by atoms with van der Waals surface area (Å²) in [6.07, 6.45) is -2.51. The van der Waals surface area contributed by atoms with Crippen molar-refractivity contribution < 1.29 is 32.6 Å². The molecule has 11 heteroatoms. The van der Waals surface area contributed by atoms with Crippen LogP contribution in [0.5, 0.6) is 0 Å². The number of carboxylic acid groups (broad SMARTS) is 1. The summed E-state index contributed by atoms with van der Waals surface area (Å²) >= 11 is 0. The lowest BCUT2D eigenvalue weighted by atomic mass is 10.2. The third kappa shape index (κ3) is 5.56. The maximum Gasteiger partial charge on any atom is 0.490 e. The van der Waals surface area contributed by atoms with E-state index in [0.717, 1.165) is 25.3 Å². The van der Waals surface area contributed by atoms with Gasteiger partial charge in [0.05, 0.1) is 18.8 Å². The molecular weight excluding hydrogens is 357 g/mol. The second-order valence-electron chi connectivity index (χ2n) is 5.76. The third-order valence-corrected chi connectivity index (χ3v) is 3.74. The number of nitrogens with zero attached hydrogens (tertiary/aromatic N) is 2. The summed E-state index contributed by atoms with van der Waals surface area (Å²) in [7, 11) is 0. The Balaban J connectivity index is 0.000000298. The van der Waals surface area contributed by atoms with Gasteiger partial charge in [0.2, 0.25) is 0 Å². The molecule has 2 aliphatic rings. The fourth-order valence-corrected chi connectivity index (χ4v) is 2.23. The lowest BCUT2D eigenvalue weighted by Gasteiger charge is -2.29. The summed E-state index contributed by atoms with van der Waals surface area (Å²) in [5, 5.41) is 10.1. The number of morpholine rings is 1. The first-order valence-corrected chi connectivity index (χ1v) is 7.84. The maximum atomic E-state index is 12.2. The Bertz CT molecular complexity index is 650. The summed E-state index contributed by atoms with van der Waals surface area (Å²) < 4.78 is 37.1. The predicted octanol–water partition coefficient (Wildman–Crippen LogP) is 0.381. The molecule has 8 nitrogen and oxygen atoms in total. The molecule has 1 aliphatic carbocycles. The number of carbonyl (C=O) groups excluding carboxylic acids is 1. The lowest BCUT2D eigenvalue weighted by Crippen LogP contribution is -2.39. The van der Waals surface area contributed by atoms with Crippen LogP contribution in [-0.4, -0.2) is 66.5 Å². The summed E-state index contributed by atoms with van der Waals surface area (Å²) in [5.41, 5.74) is 6.33. The van der Waals surface area contributed by atoms with Crippen LogP contribution >= 0.6 is 0 Å². The van der Waals surface area contributed by atoms with Gasteiger partial charge in [0.25, 0.3) is 5.91 Å². The summed E-state index contributed by atoms with van der Waals surface area (Å²) in [6, 6.07) is 3.81. The van der Waals surface area contributed by atoms with E-state index in [1.807, 2.05) is 0 Å². The highest BCUT2D eigenvalue weighted by Crippen LogP contribution is 2.22. The molecule has 0 aromatic carbocycles. The number of alkyl halides is 3. The van der Waals surface area contributed by atoms with Crippen LogP contribution in [0, 0.1) is 0 Å². The van der Waals surface area contributed by atoms with Gasteiger partial charge in [-0.1, -0.05) is 0 Å². The van der Waals surface area contributed by atoms with Crippen LogP contribution in [0.4, 0.5) is 19.0 Å². The van der Waals surface area contributed by atoms with Crippen molar-refractivity contribution in [3.05, 3.63) is 23.9 Å². The Hall–Kier alpha value is -2.40. The number of pyridine rings is 1. The molecule has 2 fully saturated rings. The van der Waals surface area contributed by atoms with Crippen molar-refractivity contribution >= 4 is 17.7 Å². The zero-order valence-electron chi connectivity index (χ0n) is 13.7. The van der Waals surface area contributed by atoms with Gasteiger partial charge in [-0.3, -0.25) is 4.79 Å². The number of ether oxygens (including phenoxy) is 1. The first-order valence-electron chi connectivity index (χ1n) is 7.84. The fraction of sp³-hybridized carbons (Fsp3) is 0.533. The molecule has 1 saturated heterocycles. The molecule has 0 bridgehead atoms. The van der Waals surface area contributed by atoms with Crippen molar-refractivity contribution in [3.8, 4) is 0 Å². The van der Waals surface area contributed by atoms with Crippen molar-refractivity contribution in [1.82, 2.24) is 10.3 Å². The quantitative estimate of drug-likeness (QED) is 0.698. The smallest absolute Gasteiger partial charge is 0.475 e. The number of aromatic nitrogens is 1. The topological polar surface area (TPSA) is 118 Å². The highest BCUT2D eigenvalue weighted by Gasteiger charge is 2.38. The number of nitrogens with one attached hydrogen (secondary N) is 1. The number of halogens is 3. The Morgan fingerprint density at radius 1 is 1.35 bits per heavy atom. The van der Waals surface area contributed by atoms with Crippen molar-refractivity contribution in [3.63, 3.8) is 0 Å². The van der Waals surface area contributed by atoms with E-state index in [2.05, 4.69) is 15.2 Å². The molecule has 3 rings (SSSR count). The Morgan fingerprint density at radius 3 is 2.42 bits per heavy atom. The van der Waals surface area contributed by atoms with Gasteiger partial charge in [0.1, 0.15) is 5.82 Å². The van der Waals surface area contributed by atoms with Crippen molar-refractivity contribution in [1.29, 1.82) is 0 Å². The van der Waals surface area contributed by atoms with Crippen molar-refractivity contribution in [2.24, 2.45) is 5.73 Å². The first-order chi connectivity index (χ1) is 12.2. The van der Waals surface area contributed by atoms with Gasteiger partial charge in [0.15, 0.2) is 0 Å². The summed E-state index contributed by atoms with van der Waals surface area (Å²) in [5.74, 6) is -2.11. The largest absolute Gasteiger partial charge is 0.490 e. The van der Waals surface area contributed by atoms with Crippen LogP contribution in [0.3, 0.4) is 0 Å². The van der Waals surface area contributed by atoms with Gasteiger partial charge in [-0.25, -0.2) is 9.78 Å². The molecule has 2 atom stereocenters. The highest BCUT2D eigenvalue weighted by molar-refractivity contribution is 5.99. The minimum absolute atomic E-state index is 0.0902. The van der Waals surface area contributed by atoms with Crippen LogP contribution in [0.1, 0.15) is 16.8 Å². The van der Waals surface area contributed by atoms with Gasteiger partial charge in [-0.2, -0.15) is 13.2 Å². The number of rotatable bonds is 3. The molecule has 4 N–H and O–H groups in total. The summed E-state index contributed by atoms with van der Waals surface area (Å²) in [6.45, 7) is 2.87. The number of hydrogen-bond acceptors (Lipinski definition) is 6. The molecule has 0 radical (unpaired) electrons. The third-order valence-electron chi connectivity index (χ3n) is 3.74. The molecule has 1 aliphatic heterocycles. The van der Waals surface area contributed by atoms with Crippen LogP contribution in [0.2, 0.25) is 0 Å². The van der Waals surface area contributed by atoms with E-state index in [1.54, 1.807) is 18.3 Å². The number of carbonyl (C=O) groups is 2. The van der Waals surface area contributed by atoms with E-state index in [0.29, 0.717) is 18.8 Å². The molecule has 1 amide bonds. The minimum Gasteiger partial charge on any atom is -0.475 e. The first kappa shape index (κ1) is 19.9. The van der Waals surface area contributed by atoms with E-state index in [4.69, 9.17) is 20.4 Å². The van der Waals surface area contributed by atoms with Crippen LogP contribution < -0.4 is 16.0 Å². The number of nitrogens with two attached hydrogens (primary N) is 1. The number of carboxylic acids is 1. The standard InChI is InChI=1S/C13H18N4O2.C2HF3O2/c14-10-8-11(10)16-13(18)9-2-1-3-15-12(9)17-4-6-19-7-5-17;3-2(4,5)1(6)7/h1-3,10-11H,4-8,14H2,(H,16,18);(H,6,7)/t10-,11-;/m1./s1. The zero-order valence-corrected chi connectivity index (χ0v) is 13.7. The molecule has 1 saturated carbocycles. The number of amides is 1. The zero-order chi connectivity index (χ0) is 19.3. The Kier molecular flexibility index (Phi) is 6.37. The number of anilines is 1. The van der Waals surface area contributed by atoms with Crippen molar-refractivity contribution in [2.75, 3.05) is 31.2 Å². The van der Waals surface area contributed by atoms with Gasteiger partial charge in [0, 0.05) is 31.4 Å². The van der Waals surface area contributed by atoms with Gasteiger partial charge in [-0.05, 0) is 18.6 Å². The lowest BCUT2D eigenvalue weighted by molar-refractivity contribution is -0.192. The second kappa shape index (κ2) is 8.32. The number of aliphatic carboxylic acids is 1. The average molecular weight is 376 g/mol. The van der Waals surface area contributed by atoms with Crippen LogP contribution in [0.25, 0.3) is 0 Å². The molecule has 0 unspecified atom stereocenters. The van der Waals surface area contributed by atoms with Crippen LogP contribution in [0.15, 0.2) is 18.3 Å². The normalized spacial score (nSPS) is 22.1. The van der Waals surface area contributed by atoms with E-state index >= 15 is 0 Å². The predicted molar refractivity (Wildman–Crippen MR) is 84.8 cm³/mol. The molecule has 144 valence electrons. The molecule has 0 spiro atoms. The SMILES string of the molecule is N[C@@H]1C[C@H]1NC(=O)c1cccnc1N1CCOCC1.O=C(O)C(F)(F)F. The van der Waals surface area contributed by atoms with E-state index in [9.17, 15) is 18.0 Å². The maximum absolute atomic E-state index is 12.2. The molecule has 1 aromatic heterocycles. The van der Waals surface area contributed by atoms with Gasteiger partial charge in [-0.15, -0.1) is 0 Å². The van der Waals surface area contributed by atoms with E-state index in [1.165, 1.54) is 0 Å². The van der Waals surface area contributed by atoms with Gasteiger partial charge >= 0.3 is 12.1 Å². The van der Waals surface area contributed by atoms with E-state index in [-0.39, 0.29) is 18.0 Å². The molecule has 2 heterocycles. The van der Waals surface area contributed by atoms with Gasteiger partial charge < -0.3 is 25.8 Å². The Labute approximate surface area is 147 Å². The monoisotopic (exact) mass is 376 g/mol. The fourth-order valence-electron chi connectivity index (χ4n) is 2.23. The van der Waals surface area contributed by atoms with E-state index < -0.39 is 12.1 Å². The molecular formula is C15H19F3N4O4. The Morgan fingerprint density at radius 2 is 1.92 bits per heavy atom. The second-order valence-corrected chi connectivity index (χ2v) is 5.76. The molecule has 1 aromatic rings. The van der Waals surface area contributed by atoms with Crippen LogP contribution in [-0.2, 0) is 9.53 Å².